The largest absolute Gasteiger partial charge is 0.479 e. The first-order valence-electron chi connectivity index (χ1n) is 11.8. The van der Waals surface area contributed by atoms with Crippen LogP contribution in [0.2, 0.25) is 0 Å². The number of oxazole rings is 1. The van der Waals surface area contributed by atoms with Crippen LogP contribution in [0.25, 0.3) is 22.4 Å². The summed E-state index contributed by atoms with van der Waals surface area (Å²) in [5, 5.41) is 10.5. The molecule has 1 unspecified atom stereocenters. The number of fused-ring (bicyclic) bond motifs is 1. The zero-order valence-electron chi connectivity index (χ0n) is 20.2. The van der Waals surface area contributed by atoms with Crippen LogP contribution in [-0.2, 0) is 22.5 Å². The average molecular weight is 461 g/mol. The summed E-state index contributed by atoms with van der Waals surface area (Å²) in [4.78, 5) is 16.3. The fraction of sp³-hybridized carbons (Fsp3) is 0.357. The van der Waals surface area contributed by atoms with Gasteiger partial charge in [0.25, 0.3) is 0 Å². The summed E-state index contributed by atoms with van der Waals surface area (Å²) in [6.07, 6.45) is 2.34. The maximum absolute atomic E-state index is 11.5. The predicted molar refractivity (Wildman–Crippen MR) is 133 cm³/mol. The molecule has 0 aliphatic carbocycles. The smallest absolute Gasteiger partial charge is 0.333 e. The van der Waals surface area contributed by atoms with Crippen LogP contribution in [0.4, 0.5) is 0 Å². The lowest BCUT2D eigenvalue weighted by Crippen LogP contribution is -2.26. The molecule has 4 rings (SSSR count). The van der Waals surface area contributed by atoms with Gasteiger partial charge in [-0.3, -0.25) is 0 Å². The fourth-order valence-electron chi connectivity index (χ4n) is 4.08. The fourth-order valence-corrected chi connectivity index (χ4v) is 4.08. The number of benzene rings is 2. The number of aryl methyl sites for hydroxylation is 1. The number of ether oxygens (including phenoxy) is 1. The maximum atomic E-state index is 11.5. The Morgan fingerprint density at radius 1 is 1.15 bits per heavy atom. The van der Waals surface area contributed by atoms with Gasteiger partial charge in [-0.2, -0.15) is 0 Å². The summed E-state index contributed by atoms with van der Waals surface area (Å²) in [5.74, 6) is 0.992. The van der Waals surface area contributed by atoms with E-state index in [1.807, 2.05) is 44.3 Å². The van der Waals surface area contributed by atoms with Gasteiger partial charge < -0.3 is 18.8 Å². The molecule has 0 radical (unpaired) electrons. The Labute approximate surface area is 200 Å². The van der Waals surface area contributed by atoms with Crippen molar-refractivity contribution in [1.29, 1.82) is 0 Å². The van der Waals surface area contributed by atoms with E-state index in [0.29, 0.717) is 31.4 Å². The molecule has 0 fully saturated rings. The third-order valence-electron chi connectivity index (χ3n) is 6.09. The van der Waals surface area contributed by atoms with Crippen molar-refractivity contribution in [2.24, 2.45) is 0 Å². The van der Waals surface area contributed by atoms with E-state index in [9.17, 15) is 9.90 Å². The minimum Gasteiger partial charge on any atom is -0.479 e. The molecule has 4 aromatic rings. The van der Waals surface area contributed by atoms with Gasteiger partial charge in [0.05, 0.1) is 6.54 Å². The minimum absolute atomic E-state index is 0.345. The number of carbonyl (C=O) groups is 1. The highest BCUT2D eigenvalue weighted by molar-refractivity contribution is 5.81. The summed E-state index contributed by atoms with van der Waals surface area (Å²) in [7, 11) is 0. The van der Waals surface area contributed by atoms with Gasteiger partial charge in [0.15, 0.2) is 6.10 Å². The Morgan fingerprint density at radius 2 is 1.91 bits per heavy atom. The normalized spacial score (nSPS) is 12.5. The van der Waals surface area contributed by atoms with Gasteiger partial charge in [0.2, 0.25) is 5.89 Å². The van der Waals surface area contributed by atoms with Gasteiger partial charge in [0.1, 0.15) is 11.5 Å². The van der Waals surface area contributed by atoms with Crippen LogP contribution in [0.3, 0.4) is 0 Å². The zero-order valence-corrected chi connectivity index (χ0v) is 20.2. The van der Waals surface area contributed by atoms with Crippen molar-refractivity contribution >= 4 is 16.9 Å². The van der Waals surface area contributed by atoms with E-state index in [0.717, 1.165) is 39.9 Å². The third-order valence-corrected chi connectivity index (χ3v) is 6.09. The molecule has 0 spiro atoms. The number of nitrogens with zero attached hydrogens (tertiary/aromatic N) is 2. The second kappa shape index (κ2) is 10.3. The van der Waals surface area contributed by atoms with Crippen molar-refractivity contribution in [2.45, 2.75) is 59.1 Å². The van der Waals surface area contributed by atoms with Crippen molar-refractivity contribution in [1.82, 2.24) is 9.55 Å². The Kier molecular flexibility index (Phi) is 7.17. The zero-order chi connectivity index (χ0) is 24.2. The van der Waals surface area contributed by atoms with E-state index in [-0.39, 0.29) is 0 Å². The molecule has 0 aliphatic heterocycles. The summed E-state index contributed by atoms with van der Waals surface area (Å²) >= 11 is 0. The van der Waals surface area contributed by atoms with Crippen LogP contribution in [0.15, 0.2) is 59.1 Å². The Bertz CT molecular complexity index is 1270. The highest BCUT2D eigenvalue weighted by atomic mass is 16.5. The monoisotopic (exact) mass is 460 g/mol. The topological polar surface area (TPSA) is 77.5 Å². The quantitative estimate of drug-likeness (QED) is 0.305. The second-order valence-electron chi connectivity index (χ2n) is 9.04. The molecule has 0 saturated carbocycles. The molecule has 2 aromatic heterocycles. The van der Waals surface area contributed by atoms with E-state index >= 15 is 0 Å². The average Bonchev–Trinajstić information content (AvgIpc) is 3.39. The van der Waals surface area contributed by atoms with Crippen LogP contribution in [0, 0.1) is 6.92 Å². The highest BCUT2D eigenvalue weighted by Gasteiger charge is 2.19. The highest BCUT2D eigenvalue weighted by Crippen LogP contribution is 2.26. The van der Waals surface area contributed by atoms with Gasteiger partial charge >= 0.3 is 5.97 Å². The summed E-state index contributed by atoms with van der Waals surface area (Å²) in [6, 6.07) is 16.5. The van der Waals surface area contributed by atoms with Crippen molar-refractivity contribution in [3.8, 4) is 11.5 Å². The molecule has 0 saturated heterocycles. The van der Waals surface area contributed by atoms with E-state index < -0.39 is 12.1 Å². The van der Waals surface area contributed by atoms with Gasteiger partial charge in [-0.15, -0.1) is 0 Å². The van der Waals surface area contributed by atoms with E-state index in [1.165, 1.54) is 5.56 Å². The van der Waals surface area contributed by atoms with Crippen molar-refractivity contribution in [3.05, 3.63) is 77.3 Å². The Morgan fingerprint density at radius 3 is 2.59 bits per heavy atom. The number of aliphatic carboxylic acids is 1. The molecule has 6 heteroatoms. The molecule has 0 aliphatic rings. The lowest BCUT2D eigenvalue weighted by atomic mass is 10.0. The molecule has 1 atom stereocenters. The molecule has 178 valence electrons. The minimum atomic E-state index is -0.928. The van der Waals surface area contributed by atoms with E-state index in [1.54, 1.807) is 0 Å². The third kappa shape index (κ3) is 5.23. The van der Waals surface area contributed by atoms with Crippen molar-refractivity contribution in [2.75, 3.05) is 6.61 Å². The molecule has 2 heterocycles. The van der Waals surface area contributed by atoms with Crippen LogP contribution in [0.1, 0.15) is 55.7 Å². The lowest BCUT2D eigenvalue weighted by molar-refractivity contribution is -0.150. The summed E-state index contributed by atoms with van der Waals surface area (Å²) in [5.41, 5.74) is 5.16. The Balaban J connectivity index is 1.52. The van der Waals surface area contributed by atoms with Crippen molar-refractivity contribution < 1.29 is 19.1 Å². The Hall–Kier alpha value is -3.38. The van der Waals surface area contributed by atoms with Crippen LogP contribution in [-0.4, -0.2) is 33.3 Å². The number of hydrogen-bond acceptors (Lipinski definition) is 4. The number of aromatic nitrogens is 2. The molecule has 2 aromatic carbocycles. The molecule has 0 bridgehead atoms. The standard InChI is InChI=1S/C28H32N2O4/c1-5-14-33-26(28(31)32)16-20-6-11-25-23(15-20)12-13-30(25)17-24-19(4)34-27(29-24)22-9-7-21(8-10-22)18(2)3/h6-13,15,18,26H,5,14,16-17H2,1-4H3,(H,31,32). The molecule has 34 heavy (non-hydrogen) atoms. The maximum Gasteiger partial charge on any atom is 0.333 e. The molecule has 0 amide bonds. The summed E-state index contributed by atoms with van der Waals surface area (Å²) in [6.45, 7) is 9.31. The number of rotatable bonds is 10. The first kappa shape index (κ1) is 23.8. The van der Waals surface area contributed by atoms with Crippen LogP contribution < -0.4 is 0 Å². The molecular weight excluding hydrogens is 428 g/mol. The SMILES string of the molecule is CCCOC(Cc1ccc2c(ccn2Cc2nc(-c3ccc(C(C)C)cc3)oc2C)c1)C(=O)O. The van der Waals surface area contributed by atoms with Gasteiger partial charge in [-0.1, -0.05) is 39.0 Å². The van der Waals surface area contributed by atoms with Gasteiger partial charge in [-0.05, 0) is 66.1 Å². The van der Waals surface area contributed by atoms with Crippen LogP contribution >= 0.6 is 0 Å². The van der Waals surface area contributed by atoms with Crippen LogP contribution in [0.5, 0.6) is 0 Å². The predicted octanol–water partition coefficient (Wildman–Crippen LogP) is 6.20. The van der Waals surface area contributed by atoms with E-state index in [2.05, 4.69) is 42.7 Å². The first-order valence-corrected chi connectivity index (χ1v) is 11.8. The first-order chi connectivity index (χ1) is 16.4. The number of hydrogen-bond donors (Lipinski definition) is 1. The second-order valence-corrected chi connectivity index (χ2v) is 9.04. The van der Waals surface area contributed by atoms with E-state index in [4.69, 9.17) is 14.1 Å². The lowest BCUT2D eigenvalue weighted by Gasteiger charge is -2.13. The van der Waals surface area contributed by atoms with Gasteiger partial charge in [-0.25, -0.2) is 9.78 Å². The van der Waals surface area contributed by atoms with Crippen molar-refractivity contribution in [3.63, 3.8) is 0 Å². The van der Waals surface area contributed by atoms with Gasteiger partial charge in [0, 0.05) is 30.3 Å². The molecular formula is C28H32N2O4. The molecule has 1 N–H and O–H groups in total. The number of carboxylic acids is 1. The summed E-state index contributed by atoms with van der Waals surface area (Å²) < 4.78 is 13.6. The number of carboxylic acid groups (broad SMARTS) is 1. The molecule has 6 nitrogen and oxygen atoms in total.